The summed E-state index contributed by atoms with van der Waals surface area (Å²) in [5.74, 6) is -0.150. The summed E-state index contributed by atoms with van der Waals surface area (Å²) in [6.07, 6.45) is 11.1. The van der Waals surface area contributed by atoms with Crippen LogP contribution in [0.15, 0.2) is 37.2 Å². The highest BCUT2D eigenvalue weighted by atomic mass is 16.3. The van der Waals surface area contributed by atoms with Crippen LogP contribution >= 0.6 is 0 Å². The van der Waals surface area contributed by atoms with E-state index in [0.29, 0.717) is 25.2 Å². The topological polar surface area (TPSA) is 100 Å². The van der Waals surface area contributed by atoms with E-state index in [1.54, 1.807) is 24.8 Å². The molecule has 1 fully saturated rings. The van der Waals surface area contributed by atoms with E-state index >= 15 is 0 Å². The van der Waals surface area contributed by atoms with Crippen LogP contribution in [0.5, 0.6) is 5.75 Å². The molecule has 1 aliphatic rings. The Morgan fingerprint density at radius 3 is 2.93 bits per heavy atom. The van der Waals surface area contributed by atoms with Crippen LogP contribution < -0.4 is 5.32 Å². The Balaban J connectivity index is 1.55. The van der Waals surface area contributed by atoms with Gasteiger partial charge in [-0.25, -0.2) is 4.98 Å². The fourth-order valence-corrected chi connectivity index (χ4v) is 3.48. The van der Waals surface area contributed by atoms with Crippen LogP contribution in [0.4, 0.5) is 0 Å². The molecule has 0 saturated carbocycles. The number of aromatic hydroxyl groups is 1. The molecule has 28 heavy (non-hydrogen) atoms. The summed E-state index contributed by atoms with van der Waals surface area (Å²) < 4.78 is 1.89. The molecular weight excluding hydrogens is 358 g/mol. The molecule has 2 aromatic rings. The molecule has 2 atom stereocenters. The van der Waals surface area contributed by atoms with Crippen molar-refractivity contribution in [3.63, 3.8) is 0 Å². The summed E-state index contributed by atoms with van der Waals surface area (Å²) >= 11 is 0. The van der Waals surface area contributed by atoms with Crippen molar-refractivity contribution < 1.29 is 14.7 Å². The second kappa shape index (κ2) is 9.34. The van der Waals surface area contributed by atoms with Gasteiger partial charge in [-0.3, -0.25) is 14.6 Å². The Kier molecular flexibility index (Phi) is 6.62. The van der Waals surface area contributed by atoms with Crippen molar-refractivity contribution in [2.24, 2.45) is 5.92 Å². The first-order valence-corrected chi connectivity index (χ1v) is 9.68. The molecule has 0 radical (unpaired) electrons. The normalized spacial score (nSPS) is 18.3. The highest BCUT2D eigenvalue weighted by Crippen LogP contribution is 2.15. The van der Waals surface area contributed by atoms with Crippen LogP contribution in [-0.2, 0) is 22.6 Å². The van der Waals surface area contributed by atoms with Gasteiger partial charge in [0, 0.05) is 44.3 Å². The van der Waals surface area contributed by atoms with E-state index in [0.717, 1.165) is 19.3 Å². The number of carbonyl (C=O) groups is 2. The maximum absolute atomic E-state index is 12.7. The molecule has 3 rings (SSSR count). The highest BCUT2D eigenvalue weighted by molar-refractivity contribution is 5.80. The molecule has 8 heteroatoms. The summed E-state index contributed by atoms with van der Waals surface area (Å²) in [6.45, 7) is 3.66. The molecule has 2 aromatic heterocycles. The Labute approximate surface area is 164 Å². The Morgan fingerprint density at radius 2 is 2.18 bits per heavy atom. The zero-order valence-corrected chi connectivity index (χ0v) is 16.1. The molecule has 0 bridgehead atoms. The van der Waals surface area contributed by atoms with E-state index in [4.69, 9.17) is 0 Å². The summed E-state index contributed by atoms with van der Waals surface area (Å²) in [4.78, 5) is 35.0. The fraction of sp³-hybridized carbons (Fsp3) is 0.500. The van der Waals surface area contributed by atoms with E-state index in [1.165, 1.54) is 6.20 Å². The van der Waals surface area contributed by atoms with Gasteiger partial charge in [0.1, 0.15) is 5.75 Å². The summed E-state index contributed by atoms with van der Waals surface area (Å²) in [5, 5.41) is 12.6. The molecule has 8 nitrogen and oxygen atoms in total. The van der Waals surface area contributed by atoms with Crippen LogP contribution in [0.1, 0.15) is 31.7 Å². The number of hydrogen-bond donors (Lipinski definition) is 2. The molecule has 1 saturated heterocycles. The number of likely N-dealkylation sites (tertiary alicyclic amines) is 1. The van der Waals surface area contributed by atoms with Gasteiger partial charge in [-0.1, -0.05) is 6.92 Å². The minimum absolute atomic E-state index is 0.00909. The van der Waals surface area contributed by atoms with Gasteiger partial charge in [-0.05, 0) is 30.9 Å². The standard InChI is InChI=1S/C20H27N5O3/c1-15(12-24-7-5-21-14-24)20(28)23-17-4-2-3-6-25(13-17)19(27)9-16-8-18(26)11-22-10-16/h5,7-8,10-11,14-15,17,26H,2-4,6,9,12-13H2,1H3,(H,23,28)/t15?,17-/m0/s1. The van der Waals surface area contributed by atoms with Gasteiger partial charge in [0.2, 0.25) is 11.8 Å². The molecule has 0 spiro atoms. The molecule has 3 heterocycles. The first kappa shape index (κ1) is 19.9. The van der Waals surface area contributed by atoms with Gasteiger partial charge in [0.25, 0.3) is 0 Å². The van der Waals surface area contributed by atoms with E-state index < -0.39 is 0 Å². The first-order chi connectivity index (χ1) is 13.5. The van der Waals surface area contributed by atoms with Gasteiger partial charge in [0.15, 0.2) is 0 Å². The van der Waals surface area contributed by atoms with Crippen molar-refractivity contribution in [1.29, 1.82) is 0 Å². The number of hydrogen-bond acceptors (Lipinski definition) is 5. The summed E-state index contributed by atoms with van der Waals surface area (Å²) in [7, 11) is 0. The van der Waals surface area contributed by atoms with Gasteiger partial charge in [0.05, 0.1) is 24.9 Å². The average molecular weight is 385 g/mol. The molecule has 1 unspecified atom stereocenters. The third-order valence-electron chi connectivity index (χ3n) is 5.00. The molecule has 2 amide bonds. The van der Waals surface area contributed by atoms with Crippen molar-refractivity contribution in [1.82, 2.24) is 24.8 Å². The number of carbonyl (C=O) groups excluding carboxylic acids is 2. The van der Waals surface area contributed by atoms with Gasteiger partial charge < -0.3 is 19.9 Å². The fourth-order valence-electron chi connectivity index (χ4n) is 3.48. The number of imidazole rings is 1. The van der Waals surface area contributed by atoms with Gasteiger partial charge >= 0.3 is 0 Å². The minimum atomic E-state index is -0.181. The quantitative estimate of drug-likeness (QED) is 0.782. The van der Waals surface area contributed by atoms with Crippen molar-refractivity contribution >= 4 is 11.8 Å². The lowest BCUT2D eigenvalue weighted by Gasteiger charge is -2.26. The molecule has 0 aromatic carbocycles. The Morgan fingerprint density at radius 1 is 1.32 bits per heavy atom. The smallest absolute Gasteiger partial charge is 0.227 e. The molecule has 0 aliphatic carbocycles. The van der Waals surface area contributed by atoms with Crippen molar-refractivity contribution in [2.45, 2.75) is 45.2 Å². The number of aromatic nitrogens is 3. The molecule has 150 valence electrons. The minimum Gasteiger partial charge on any atom is -0.506 e. The van der Waals surface area contributed by atoms with Crippen molar-refractivity contribution in [3.05, 3.63) is 42.7 Å². The lowest BCUT2D eigenvalue weighted by molar-refractivity contribution is -0.132. The number of pyridine rings is 1. The summed E-state index contributed by atoms with van der Waals surface area (Å²) in [5.41, 5.74) is 0.684. The maximum Gasteiger partial charge on any atom is 0.227 e. The predicted octanol–water partition coefficient (Wildman–Crippen LogP) is 1.36. The van der Waals surface area contributed by atoms with Crippen LogP contribution in [0.25, 0.3) is 0 Å². The van der Waals surface area contributed by atoms with E-state index in [-0.39, 0.29) is 35.9 Å². The van der Waals surface area contributed by atoms with E-state index in [9.17, 15) is 14.7 Å². The van der Waals surface area contributed by atoms with Crippen molar-refractivity contribution in [3.8, 4) is 5.75 Å². The zero-order chi connectivity index (χ0) is 19.9. The molecule has 1 aliphatic heterocycles. The van der Waals surface area contributed by atoms with E-state index in [1.807, 2.05) is 22.6 Å². The number of rotatable bonds is 6. The third kappa shape index (κ3) is 5.55. The van der Waals surface area contributed by atoms with Gasteiger partial charge in [-0.15, -0.1) is 0 Å². The van der Waals surface area contributed by atoms with Gasteiger partial charge in [-0.2, -0.15) is 0 Å². The van der Waals surface area contributed by atoms with Crippen molar-refractivity contribution in [2.75, 3.05) is 13.1 Å². The largest absolute Gasteiger partial charge is 0.506 e. The lowest BCUT2D eigenvalue weighted by Crippen LogP contribution is -2.46. The third-order valence-corrected chi connectivity index (χ3v) is 5.00. The Bertz CT molecular complexity index is 793. The monoisotopic (exact) mass is 385 g/mol. The lowest BCUT2D eigenvalue weighted by atomic mass is 10.1. The van der Waals surface area contributed by atoms with Crippen LogP contribution in [-0.4, -0.2) is 55.5 Å². The Hall–Kier alpha value is -2.90. The predicted molar refractivity (Wildman–Crippen MR) is 103 cm³/mol. The van der Waals surface area contributed by atoms with Crippen LogP contribution in [0, 0.1) is 5.92 Å². The average Bonchev–Trinajstić information content (AvgIpc) is 3.05. The maximum atomic E-state index is 12.7. The molecular formula is C20H27N5O3. The SMILES string of the molecule is CC(Cn1ccnc1)C(=O)N[C@H]1CCCCN(C(=O)Cc2cncc(O)c2)C1. The second-order valence-corrected chi connectivity index (χ2v) is 7.43. The zero-order valence-electron chi connectivity index (χ0n) is 16.1. The van der Waals surface area contributed by atoms with E-state index in [2.05, 4.69) is 15.3 Å². The number of nitrogens with zero attached hydrogens (tertiary/aromatic N) is 4. The first-order valence-electron chi connectivity index (χ1n) is 9.68. The van der Waals surface area contributed by atoms with Crippen LogP contribution in [0.3, 0.4) is 0 Å². The molecule has 2 N–H and O–H groups in total. The number of amides is 2. The summed E-state index contributed by atoms with van der Waals surface area (Å²) in [6, 6.07) is 1.51. The van der Waals surface area contributed by atoms with Crippen LogP contribution in [0.2, 0.25) is 0 Å². The second-order valence-electron chi connectivity index (χ2n) is 7.43. The number of nitrogens with one attached hydrogen (secondary N) is 1. The highest BCUT2D eigenvalue weighted by Gasteiger charge is 2.25.